The van der Waals surface area contributed by atoms with Gasteiger partial charge in [-0.3, -0.25) is 0 Å². The van der Waals surface area contributed by atoms with Gasteiger partial charge in [0.05, 0.1) is 6.10 Å². The lowest BCUT2D eigenvalue weighted by molar-refractivity contribution is 0.0989. The summed E-state index contributed by atoms with van der Waals surface area (Å²) in [7, 11) is 0. The van der Waals surface area contributed by atoms with Gasteiger partial charge in [0, 0.05) is 24.8 Å². The molecule has 1 fully saturated rings. The van der Waals surface area contributed by atoms with Crippen LogP contribution in [0.1, 0.15) is 31.3 Å². The third-order valence-electron chi connectivity index (χ3n) is 3.83. The lowest BCUT2D eigenvalue weighted by Gasteiger charge is -2.31. The summed E-state index contributed by atoms with van der Waals surface area (Å²) in [5.41, 5.74) is 0.944. The van der Waals surface area contributed by atoms with Gasteiger partial charge in [-0.25, -0.2) is 9.97 Å². The average Bonchev–Trinajstić information content (AvgIpc) is 2.38. The maximum Gasteiger partial charge on any atom is 0.130 e. The van der Waals surface area contributed by atoms with Crippen LogP contribution in [0.3, 0.4) is 0 Å². The minimum Gasteiger partial charge on any atom is -0.390 e. The number of hydrogen-bond acceptors (Lipinski definition) is 5. The zero-order valence-electron chi connectivity index (χ0n) is 12.8. The largest absolute Gasteiger partial charge is 0.390 e. The van der Waals surface area contributed by atoms with Gasteiger partial charge in [-0.15, -0.1) is 0 Å². The summed E-state index contributed by atoms with van der Waals surface area (Å²) in [6, 6.07) is 1.91. The van der Waals surface area contributed by atoms with E-state index in [1.54, 1.807) is 0 Å². The fraction of sp³-hybridized carbons (Fsp3) is 0.733. The zero-order chi connectivity index (χ0) is 14.5. The second-order valence-electron chi connectivity index (χ2n) is 5.96. The number of aliphatic hydroxyl groups is 1. The molecular formula is C15H26N4O. The van der Waals surface area contributed by atoms with Gasteiger partial charge >= 0.3 is 0 Å². The van der Waals surface area contributed by atoms with E-state index in [4.69, 9.17) is 0 Å². The van der Waals surface area contributed by atoms with E-state index in [2.05, 4.69) is 27.1 Å². The van der Waals surface area contributed by atoms with Crippen molar-refractivity contribution in [3.8, 4) is 0 Å². The van der Waals surface area contributed by atoms with Crippen molar-refractivity contribution in [2.75, 3.05) is 31.5 Å². The van der Waals surface area contributed by atoms with Gasteiger partial charge in [-0.05, 0) is 45.7 Å². The molecule has 0 saturated carbocycles. The number of anilines is 1. The van der Waals surface area contributed by atoms with Gasteiger partial charge in [-0.2, -0.15) is 0 Å². The number of aromatic nitrogens is 2. The molecule has 0 aromatic carbocycles. The van der Waals surface area contributed by atoms with Crippen molar-refractivity contribution in [3.63, 3.8) is 0 Å². The summed E-state index contributed by atoms with van der Waals surface area (Å²) < 4.78 is 0. The molecule has 20 heavy (non-hydrogen) atoms. The Bertz CT molecular complexity index is 410. The molecule has 1 aliphatic rings. The highest BCUT2D eigenvalue weighted by atomic mass is 16.3. The number of nitrogens with zero attached hydrogens (tertiary/aromatic N) is 3. The summed E-state index contributed by atoms with van der Waals surface area (Å²) in [6.07, 6.45) is 2.12. The van der Waals surface area contributed by atoms with Crippen LogP contribution in [0.5, 0.6) is 0 Å². The first-order valence-corrected chi connectivity index (χ1v) is 7.49. The van der Waals surface area contributed by atoms with Crippen LogP contribution in [0.4, 0.5) is 5.82 Å². The number of piperidine rings is 1. The normalized spacial score (nSPS) is 19.0. The number of hydrogen-bond donors (Lipinski definition) is 2. The molecule has 1 aliphatic heterocycles. The van der Waals surface area contributed by atoms with Crippen LogP contribution in [0.25, 0.3) is 0 Å². The average molecular weight is 278 g/mol. The molecule has 5 heteroatoms. The van der Waals surface area contributed by atoms with Crippen LogP contribution in [0, 0.1) is 19.8 Å². The lowest BCUT2D eigenvalue weighted by Crippen LogP contribution is -2.40. The maximum absolute atomic E-state index is 10.1. The third kappa shape index (κ3) is 4.72. The van der Waals surface area contributed by atoms with E-state index < -0.39 is 0 Å². The number of likely N-dealkylation sites (tertiary alicyclic amines) is 1. The van der Waals surface area contributed by atoms with Crippen molar-refractivity contribution in [2.45, 2.75) is 39.7 Å². The minimum atomic E-state index is -0.362. The first kappa shape index (κ1) is 15.2. The van der Waals surface area contributed by atoms with Crippen LogP contribution in [0.2, 0.25) is 0 Å². The molecule has 2 N–H and O–H groups in total. The molecule has 5 nitrogen and oxygen atoms in total. The third-order valence-corrected chi connectivity index (χ3v) is 3.83. The molecule has 2 rings (SSSR count). The van der Waals surface area contributed by atoms with E-state index in [1.807, 2.05) is 19.9 Å². The molecule has 0 amide bonds. The molecule has 1 saturated heterocycles. The molecular weight excluding hydrogens is 252 g/mol. The maximum atomic E-state index is 10.1. The van der Waals surface area contributed by atoms with Crippen molar-refractivity contribution in [1.29, 1.82) is 0 Å². The first-order valence-electron chi connectivity index (χ1n) is 7.49. The highest BCUT2D eigenvalue weighted by Gasteiger charge is 2.18. The van der Waals surface area contributed by atoms with Gasteiger partial charge in [0.1, 0.15) is 11.6 Å². The number of aryl methyl sites for hydroxylation is 2. The number of aliphatic hydroxyl groups excluding tert-OH is 1. The monoisotopic (exact) mass is 278 g/mol. The molecule has 0 radical (unpaired) electrons. The Morgan fingerprint density at radius 2 is 2.05 bits per heavy atom. The Balaban J connectivity index is 1.75. The summed E-state index contributed by atoms with van der Waals surface area (Å²) in [5.74, 6) is 2.38. The van der Waals surface area contributed by atoms with E-state index in [1.165, 1.54) is 12.8 Å². The van der Waals surface area contributed by atoms with Crippen LogP contribution in [-0.2, 0) is 0 Å². The van der Waals surface area contributed by atoms with Gasteiger partial charge < -0.3 is 15.3 Å². The smallest absolute Gasteiger partial charge is 0.130 e. The van der Waals surface area contributed by atoms with E-state index in [9.17, 15) is 5.11 Å². The molecule has 1 aromatic rings. The summed E-state index contributed by atoms with van der Waals surface area (Å²) in [6.45, 7) is 9.60. The summed E-state index contributed by atoms with van der Waals surface area (Å²) >= 11 is 0. The Labute approximate surface area is 121 Å². The molecule has 1 aromatic heterocycles. The summed E-state index contributed by atoms with van der Waals surface area (Å²) in [4.78, 5) is 10.9. The molecule has 1 atom stereocenters. The number of β-amino-alcohol motifs (C(OH)–C–C–N with tert-alkyl or cyclic N) is 1. The minimum absolute atomic E-state index is 0.362. The second-order valence-corrected chi connectivity index (χ2v) is 5.96. The van der Waals surface area contributed by atoms with Crippen LogP contribution in [-0.4, -0.2) is 52.3 Å². The van der Waals surface area contributed by atoms with Crippen molar-refractivity contribution >= 4 is 5.82 Å². The molecule has 0 bridgehead atoms. The van der Waals surface area contributed by atoms with Gasteiger partial charge in [-0.1, -0.05) is 6.92 Å². The van der Waals surface area contributed by atoms with Gasteiger partial charge in [0.25, 0.3) is 0 Å². The number of nitrogens with one attached hydrogen (secondary N) is 1. The highest BCUT2D eigenvalue weighted by molar-refractivity contribution is 5.35. The van der Waals surface area contributed by atoms with E-state index in [0.29, 0.717) is 6.54 Å². The predicted molar refractivity (Wildman–Crippen MR) is 80.8 cm³/mol. The van der Waals surface area contributed by atoms with E-state index in [-0.39, 0.29) is 6.10 Å². The topological polar surface area (TPSA) is 61.3 Å². The van der Waals surface area contributed by atoms with Crippen molar-refractivity contribution < 1.29 is 5.11 Å². The first-order chi connectivity index (χ1) is 9.52. The Morgan fingerprint density at radius 3 is 2.70 bits per heavy atom. The molecule has 0 aliphatic carbocycles. The number of rotatable bonds is 5. The quantitative estimate of drug-likeness (QED) is 0.856. The summed E-state index contributed by atoms with van der Waals surface area (Å²) in [5, 5.41) is 13.3. The molecule has 2 heterocycles. The van der Waals surface area contributed by atoms with Crippen LogP contribution in [0.15, 0.2) is 6.07 Å². The Morgan fingerprint density at radius 1 is 1.35 bits per heavy atom. The zero-order valence-corrected chi connectivity index (χ0v) is 12.8. The SMILES string of the molecule is Cc1cc(NC[C@H](O)CN2CCC(C)CC2)nc(C)n1. The molecule has 0 spiro atoms. The van der Waals surface area contributed by atoms with E-state index >= 15 is 0 Å². The fourth-order valence-corrected chi connectivity index (χ4v) is 2.64. The van der Waals surface area contributed by atoms with Gasteiger partial charge in [0.15, 0.2) is 0 Å². The standard InChI is InChI=1S/C15H26N4O/c1-11-4-6-19(7-5-11)10-14(20)9-16-15-8-12(2)17-13(3)18-15/h8,11,14,20H,4-7,9-10H2,1-3H3,(H,16,17,18)/t14-/m0/s1. The molecule has 0 unspecified atom stereocenters. The molecule has 112 valence electrons. The van der Waals surface area contributed by atoms with Crippen molar-refractivity contribution in [1.82, 2.24) is 14.9 Å². The van der Waals surface area contributed by atoms with Gasteiger partial charge in [0.2, 0.25) is 0 Å². The lowest BCUT2D eigenvalue weighted by atomic mass is 9.99. The van der Waals surface area contributed by atoms with Crippen molar-refractivity contribution in [2.24, 2.45) is 5.92 Å². The Hall–Kier alpha value is -1.20. The van der Waals surface area contributed by atoms with Crippen LogP contribution < -0.4 is 5.32 Å². The van der Waals surface area contributed by atoms with Crippen molar-refractivity contribution in [3.05, 3.63) is 17.6 Å². The van der Waals surface area contributed by atoms with Crippen LogP contribution >= 0.6 is 0 Å². The second kappa shape index (κ2) is 6.99. The predicted octanol–water partition coefficient (Wildman–Crippen LogP) is 1.60. The fourth-order valence-electron chi connectivity index (χ4n) is 2.64. The van der Waals surface area contributed by atoms with E-state index in [0.717, 1.165) is 42.9 Å². The highest BCUT2D eigenvalue weighted by Crippen LogP contribution is 2.16. The Kier molecular flexibility index (Phi) is 5.31.